The van der Waals surface area contributed by atoms with E-state index in [1.165, 1.54) is 17.5 Å². The van der Waals surface area contributed by atoms with Crippen molar-refractivity contribution in [2.24, 2.45) is 0 Å². The second-order valence-electron chi connectivity index (χ2n) is 5.15. The first-order chi connectivity index (χ1) is 6.97. The molecule has 0 aliphatic heterocycles. The summed E-state index contributed by atoms with van der Waals surface area (Å²) in [6, 6.07) is 2.21. The van der Waals surface area contributed by atoms with Gasteiger partial charge in [-0.05, 0) is 58.2 Å². The Labute approximate surface area is 93.1 Å². The maximum Gasteiger partial charge on any atom is 0.0300 e. The molecule has 0 atom stereocenters. The van der Waals surface area contributed by atoms with E-state index in [4.69, 9.17) is 0 Å². The minimum Gasteiger partial charge on any atom is -0.312 e. The van der Waals surface area contributed by atoms with Crippen molar-refractivity contribution in [1.29, 1.82) is 0 Å². The van der Waals surface area contributed by atoms with Crippen LogP contribution in [-0.4, -0.2) is 17.1 Å². The Kier molecular flexibility index (Phi) is 4.28. The van der Waals surface area contributed by atoms with E-state index in [0.717, 1.165) is 13.0 Å². The Morgan fingerprint density at radius 1 is 1.27 bits per heavy atom. The van der Waals surface area contributed by atoms with Crippen molar-refractivity contribution >= 4 is 0 Å². The molecule has 1 heterocycles. The van der Waals surface area contributed by atoms with Gasteiger partial charge in [-0.3, -0.25) is 4.98 Å². The van der Waals surface area contributed by atoms with E-state index in [2.05, 4.69) is 44.1 Å². The predicted octanol–water partition coefficient (Wildman–Crippen LogP) is 2.71. The number of nitrogens with zero attached hydrogens (tertiary/aromatic N) is 1. The molecule has 0 amide bonds. The Bertz CT molecular complexity index is 300. The maximum absolute atomic E-state index is 4.19. The standard InChI is InChI=1S/C13H22N2/c1-11-8-12(10-14-9-11)6-5-7-15-13(2,3)4/h8-10,15H,5-7H2,1-4H3. The first-order valence-corrected chi connectivity index (χ1v) is 5.63. The lowest BCUT2D eigenvalue weighted by Crippen LogP contribution is -2.36. The average Bonchev–Trinajstić information content (AvgIpc) is 2.11. The summed E-state index contributed by atoms with van der Waals surface area (Å²) in [5.41, 5.74) is 2.81. The molecule has 1 rings (SSSR count). The van der Waals surface area contributed by atoms with E-state index in [-0.39, 0.29) is 5.54 Å². The molecule has 0 radical (unpaired) electrons. The van der Waals surface area contributed by atoms with Crippen molar-refractivity contribution < 1.29 is 0 Å². The van der Waals surface area contributed by atoms with Gasteiger partial charge in [-0.25, -0.2) is 0 Å². The third-order valence-electron chi connectivity index (χ3n) is 2.23. The molecule has 2 heteroatoms. The Hall–Kier alpha value is -0.890. The summed E-state index contributed by atoms with van der Waals surface area (Å²) in [6.45, 7) is 9.74. The predicted molar refractivity (Wildman–Crippen MR) is 65.1 cm³/mol. The van der Waals surface area contributed by atoms with Gasteiger partial charge in [-0.2, -0.15) is 0 Å². The first-order valence-electron chi connectivity index (χ1n) is 5.63. The number of aryl methyl sites for hydroxylation is 2. The van der Waals surface area contributed by atoms with Gasteiger partial charge in [-0.15, -0.1) is 0 Å². The fourth-order valence-electron chi connectivity index (χ4n) is 1.51. The quantitative estimate of drug-likeness (QED) is 0.766. The van der Waals surface area contributed by atoms with E-state index in [0.29, 0.717) is 0 Å². The molecule has 1 aromatic heterocycles. The third-order valence-corrected chi connectivity index (χ3v) is 2.23. The van der Waals surface area contributed by atoms with Crippen LogP contribution in [0, 0.1) is 6.92 Å². The van der Waals surface area contributed by atoms with Gasteiger partial charge in [0.05, 0.1) is 0 Å². The smallest absolute Gasteiger partial charge is 0.0300 e. The van der Waals surface area contributed by atoms with Gasteiger partial charge in [0.15, 0.2) is 0 Å². The van der Waals surface area contributed by atoms with E-state index >= 15 is 0 Å². The van der Waals surface area contributed by atoms with Gasteiger partial charge < -0.3 is 5.32 Å². The molecule has 0 aliphatic rings. The number of hydrogen-bond acceptors (Lipinski definition) is 2. The van der Waals surface area contributed by atoms with Crippen molar-refractivity contribution in [2.45, 2.75) is 46.1 Å². The van der Waals surface area contributed by atoms with Crippen LogP contribution in [0.1, 0.15) is 38.3 Å². The zero-order chi connectivity index (χ0) is 11.3. The fraction of sp³-hybridized carbons (Fsp3) is 0.615. The second kappa shape index (κ2) is 5.26. The molecule has 15 heavy (non-hydrogen) atoms. The molecule has 0 aliphatic carbocycles. The van der Waals surface area contributed by atoms with E-state index < -0.39 is 0 Å². The summed E-state index contributed by atoms with van der Waals surface area (Å²) in [5.74, 6) is 0. The minimum atomic E-state index is 0.227. The molecule has 1 aromatic rings. The van der Waals surface area contributed by atoms with Gasteiger partial charge in [0.2, 0.25) is 0 Å². The summed E-state index contributed by atoms with van der Waals surface area (Å²) in [5, 5.41) is 3.49. The third kappa shape index (κ3) is 5.53. The van der Waals surface area contributed by atoms with Crippen LogP contribution in [0.3, 0.4) is 0 Å². The highest BCUT2D eigenvalue weighted by molar-refractivity contribution is 5.16. The summed E-state index contributed by atoms with van der Waals surface area (Å²) < 4.78 is 0. The normalized spacial score (nSPS) is 11.7. The largest absolute Gasteiger partial charge is 0.312 e. The zero-order valence-electron chi connectivity index (χ0n) is 10.3. The van der Waals surface area contributed by atoms with Crippen LogP contribution in [-0.2, 0) is 6.42 Å². The summed E-state index contributed by atoms with van der Waals surface area (Å²) in [7, 11) is 0. The number of rotatable bonds is 4. The number of hydrogen-bond donors (Lipinski definition) is 1. The van der Waals surface area contributed by atoms with Gasteiger partial charge in [-0.1, -0.05) is 6.07 Å². The molecule has 0 bridgehead atoms. The molecule has 1 N–H and O–H groups in total. The lowest BCUT2D eigenvalue weighted by Gasteiger charge is -2.20. The highest BCUT2D eigenvalue weighted by atomic mass is 14.9. The molecule has 0 saturated carbocycles. The topological polar surface area (TPSA) is 24.9 Å². The van der Waals surface area contributed by atoms with E-state index in [9.17, 15) is 0 Å². The van der Waals surface area contributed by atoms with Crippen LogP contribution in [0.4, 0.5) is 0 Å². The van der Waals surface area contributed by atoms with Gasteiger partial charge >= 0.3 is 0 Å². The van der Waals surface area contributed by atoms with Gasteiger partial charge in [0.1, 0.15) is 0 Å². The van der Waals surface area contributed by atoms with Gasteiger partial charge in [0.25, 0.3) is 0 Å². The Balaban J connectivity index is 2.26. The van der Waals surface area contributed by atoms with Crippen molar-refractivity contribution in [1.82, 2.24) is 10.3 Å². The lowest BCUT2D eigenvalue weighted by molar-refractivity contribution is 0.422. The number of pyridine rings is 1. The molecule has 2 nitrogen and oxygen atoms in total. The molecule has 0 unspecified atom stereocenters. The van der Waals surface area contributed by atoms with Crippen LogP contribution >= 0.6 is 0 Å². The highest BCUT2D eigenvalue weighted by Gasteiger charge is 2.07. The molecular weight excluding hydrogens is 184 g/mol. The van der Waals surface area contributed by atoms with E-state index in [1.807, 2.05) is 12.4 Å². The minimum absolute atomic E-state index is 0.227. The maximum atomic E-state index is 4.19. The molecule has 0 aromatic carbocycles. The Morgan fingerprint density at radius 2 is 2.00 bits per heavy atom. The molecule has 84 valence electrons. The zero-order valence-corrected chi connectivity index (χ0v) is 10.3. The van der Waals surface area contributed by atoms with Crippen LogP contribution < -0.4 is 5.32 Å². The molecule has 0 saturated heterocycles. The SMILES string of the molecule is Cc1cncc(CCCNC(C)(C)C)c1. The van der Waals surface area contributed by atoms with Crippen LogP contribution in [0.2, 0.25) is 0 Å². The highest BCUT2D eigenvalue weighted by Crippen LogP contribution is 2.05. The molecule has 0 fully saturated rings. The Morgan fingerprint density at radius 3 is 2.60 bits per heavy atom. The lowest BCUT2D eigenvalue weighted by atomic mass is 10.1. The van der Waals surface area contributed by atoms with Crippen molar-refractivity contribution in [3.63, 3.8) is 0 Å². The van der Waals surface area contributed by atoms with Gasteiger partial charge in [0, 0.05) is 17.9 Å². The number of nitrogens with one attached hydrogen (secondary N) is 1. The van der Waals surface area contributed by atoms with Crippen LogP contribution in [0.15, 0.2) is 18.5 Å². The van der Waals surface area contributed by atoms with Crippen molar-refractivity contribution in [3.05, 3.63) is 29.6 Å². The van der Waals surface area contributed by atoms with Crippen molar-refractivity contribution in [2.75, 3.05) is 6.54 Å². The summed E-state index contributed by atoms with van der Waals surface area (Å²) >= 11 is 0. The molecule has 0 spiro atoms. The van der Waals surface area contributed by atoms with E-state index in [1.54, 1.807) is 0 Å². The first kappa shape index (κ1) is 12.2. The van der Waals surface area contributed by atoms with Crippen LogP contribution in [0.25, 0.3) is 0 Å². The molecular formula is C13H22N2. The van der Waals surface area contributed by atoms with Crippen molar-refractivity contribution in [3.8, 4) is 0 Å². The number of aromatic nitrogens is 1. The second-order valence-corrected chi connectivity index (χ2v) is 5.15. The summed E-state index contributed by atoms with van der Waals surface area (Å²) in [6.07, 6.45) is 6.14. The summed E-state index contributed by atoms with van der Waals surface area (Å²) in [4.78, 5) is 4.19. The fourth-order valence-corrected chi connectivity index (χ4v) is 1.51. The average molecular weight is 206 g/mol. The monoisotopic (exact) mass is 206 g/mol. The van der Waals surface area contributed by atoms with Crippen LogP contribution in [0.5, 0.6) is 0 Å².